The van der Waals surface area contributed by atoms with E-state index >= 15 is 0 Å². The number of pyridine rings is 1. The summed E-state index contributed by atoms with van der Waals surface area (Å²) in [6.45, 7) is 7.20. The lowest BCUT2D eigenvalue weighted by Crippen LogP contribution is -2.38. The van der Waals surface area contributed by atoms with Crippen molar-refractivity contribution >= 4 is 41.7 Å². The van der Waals surface area contributed by atoms with Gasteiger partial charge in [-0.2, -0.15) is 0 Å². The molecule has 0 atom stereocenters. The van der Waals surface area contributed by atoms with Crippen LogP contribution in [-0.2, 0) is 9.47 Å². The van der Waals surface area contributed by atoms with E-state index < -0.39 is 24.8 Å². The first-order valence-corrected chi connectivity index (χ1v) is 13.7. The van der Waals surface area contributed by atoms with Gasteiger partial charge >= 0.3 is 12.1 Å². The Kier molecular flexibility index (Phi) is 11.7. The molecule has 3 amide bonds. The Labute approximate surface area is 249 Å². The van der Waals surface area contributed by atoms with E-state index in [1.165, 1.54) is 24.7 Å². The lowest BCUT2D eigenvalue weighted by molar-refractivity contribution is -0.0105. The monoisotopic (exact) mass is 589 g/mol. The number of hydrogen-bond donors (Lipinski definition) is 3. The number of ether oxygens (including phenoxy) is 2. The third-order valence-corrected chi connectivity index (χ3v) is 6.21. The lowest BCUT2D eigenvalue weighted by Gasteiger charge is -2.19. The number of H-pyrrole nitrogens is 1. The van der Waals surface area contributed by atoms with Crippen molar-refractivity contribution < 1.29 is 28.7 Å². The number of rotatable bonds is 11. The Bertz CT molecular complexity index is 1510. The molecule has 0 fully saturated rings. The largest absolute Gasteiger partial charge is 0.424 e. The summed E-state index contributed by atoms with van der Waals surface area (Å²) in [5, 5.41) is 2.84. The molecule has 4 N–H and O–H groups in total. The first-order valence-electron chi connectivity index (χ1n) is 13.7. The molecule has 2 aromatic heterocycles. The number of carbonyl (C=O) groups excluding carboxylic acids is 4. The van der Waals surface area contributed by atoms with E-state index in [2.05, 4.69) is 25.3 Å². The summed E-state index contributed by atoms with van der Waals surface area (Å²) in [5.74, 6) is -1.41. The first kappa shape index (κ1) is 32.2. The molecule has 0 bridgehead atoms. The standard InChI is InChI=1S/C30H35N7O6/c1-5-11-33-27(38)21-10-9-19(3)24(14-21)36-26(35-17-31)25-20(4)23(16-34-25)28(39)37(13-6-2)30(41)43-18-42-29(40)22-8-7-12-32-15-22/h7-10,12,14-17,34H,5-6,11,13,18H2,1-4H3,(H,33,38)(H2,31,35,36). The fraction of sp³-hybridized carbons (Fsp3) is 0.300. The Morgan fingerprint density at radius 2 is 1.88 bits per heavy atom. The number of aromatic nitrogens is 2. The van der Waals surface area contributed by atoms with Gasteiger partial charge in [0, 0.05) is 37.2 Å². The number of aliphatic imine (C=N–C) groups is 2. The summed E-state index contributed by atoms with van der Waals surface area (Å²) in [6, 6.07) is 8.21. The number of nitrogens with two attached hydrogens (primary N) is 1. The number of amides is 3. The number of esters is 1. The van der Waals surface area contributed by atoms with Gasteiger partial charge in [0.2, 0.25) is 6.79 Å². The molecule has 43 heavy (non-hydrogen) atoms. The number of carbonyl (C=O) groups is 4. The molecule has 0 unspecified atom stereocenters. The summed E-state index contributed by atoms with van der Waals surface area (Å²) in [4.78, 5) is 67.5. The Hall–Kier alpha value is -5.33. The molecule has 3 rings (SSSR count). The predicted octanol–water partition coefficient (Wildman–Crippen LogP) is 4.03. The number of nitrogens with zero attached hydrogens (tertiary/aromatic N) is 4. The number of aromatic amines is 1. The van der Waals surface area contributed by atoms with E-state index in [0.29, 0.717) is 35.5 Å². The maximum absolute atomic E-state index is 13.5. The van der Waals surface area contributed by atoms with Gasteiger partial charge in [0.15, 0.2) is 5.84 Å². The maximum Gasteiger partial charge on any atom is 0.419 e. The van der Waals surface area contributed by atoms with Crippen molar-refractivity contribution in [1.82, 2.24) is 20.2 Å². The van der Waals surface area contributed by atoms with E-state index in [0.717, 1.165) is 23.2 Å². The Balaban J connectivity index is 1.82. The SMILES string of the molecule is CCCNC(=O)c1ccc(C)c(N=C(N=CN)c2[nH]cc(C(=O)N(CCC)C(=O)OCOC(=O)c3cccnc3)c2C)c1. The number of amidine groups is 1. The molecule has 0 spiro atoms. The van der Waals surface area contributed by atoms with Gasteiger partial charge in [0.05, 0.1) is 28.8 Å². The lowest BCUT2D eigenvalue weighted by atomic mass is 10.1. The Morgan fingerprint density at radius 3 is 2.56 bits per heavy atom. The highest BCUT2D eigenvalue weighted by molar-refractivity contribution is 6.09. The van der Waals surface area contributed by atoms with E-state index in [9.17, 15) is 19.2 Å². The zero-order valence-corrected chi connectivity index (χ0v) is 24.5. The first-order chi connectivity index (χ1) is 20.7. The summed E-state index contributed by atoms with van der Waals surface area (Å²) < 4.78 is 10.0. The van der Waals surface area contributed by atoms with Crippen LogP contribution in [0, 0.1) is 13.8 Å². The number of nitrogens with one attached hydrogen (secondary N) is 2. The second-order valence-electron chi connectivity index (χ2n) is 9.33. The zero-order chi connectivity index (χ0) is 31.4. The minimum absolute atomic E-state index is 0.0577. The van der Waals surface area contributed by atoms with Crippen molar-refractivity contribution in [1.29, 1.82) is 0 Å². The predicted molar refractivity (Wildman–Crippen MR) is 161 cm³/mol. The zero-order valence-electron chi connectivity index (χ0n) is 24.5. The van der Waals surface area contributed by atoms with E-state index in [1.54, 1.807) is 38.1 Å². The van der Waals surface area contributed by atoms with Crippen molar-refractivity contribution in [3.8, 4) is 0 Å². The van der Waals surface area contributed by atoms with Gasteiger partial charge in [0.1, 0.15) is 0 Å². The molecular formula is C30H35N7O6. The highest BCUT2D eigenvalue weighted by atomic mass is 16.7. The number of imide groups is 1. The van der Waals surface area contributed by atoms with Crippen molar-refractivity contribution in [2.75, 3.05) is 19.9 Å². The summed E-state index contributed by atoms with van der Waals surface area (Å²) >= 11 is 0. The van der Waals surface area contributed by atoms with Crippen LogP contribution in [0.5, 0.6) is 0 Å². The van der Waals surface area contributed by atoms with Crippen LogP contribution >= 0.6 is 0 Å². The van der Waals surface area contributed by atoms with Gasteiger partial charge in [-0.1, -0.05) is 19.9 Å². The van der Waals surface area contributed by atoms with Crippen molar-refractivity contribution in [3.05, 3.63) is 82.4 Å². The van der Waals surface area contributed by atoms with E-state index in [4.69, 9.17) is 15.2 Å². The molecule has 0 saturated carbocycles. The van der Waals surface area contributed by atoms with Gasteiger partial charge in [0.25, 0.3) is 11.8 Å². The van der Waals surface area contributed by atoms with Crippen LogP contribution in [0.2, 0.25) is 0 Å². The Morgan fingerprint density at radius 1 is 1.09 bits per heavy atom. The second-order valence-corrected chi connectivity index (χ2v) is 9.33. The molecule has 2 heterocycles. The smallest absolute Gasteiger partial charge is 0.419 e. The molecule has 0 radical (unpaired) electrons. The quantitative estimate of drug-likeness (QED) is 0.130. The van der Waals surface area contributed by atoms with Crippen molar-refractivity contribution in [3.63, 3.8) is 0 Å². The molecule has 0 saturated heterocycles. The van der Waals surface area contributed by atoms with Crippen LogP contribution in [0.15, 0.2) is 58.9 Å². The third kappa shape index (κ3) is 8.35. The van der Waals surface area contributed by atoms with Gasteiger partial charge in [-0.15, -0.1) is 0 Å². The molecule has 13 nitrogen and oxygen atoms in total. The molecule has 0 aliphatic heterocycles. The maximum atomic E-state index is 13.5. The normalized spacial score (nSPS) is 11.3. The summed E-state index contributed by atoms with van der Waals surface area (Å²) in [7, 11) is 0. The van der Waals surface area contributed by atoms with Crippen LogP contribution in [0.25, 0.3) is 0 Å². The van der Waals surface area contributed by atoms with Crippen LogP contribution < -0.4 is 11.1 Å². The highest BCUT2D eigenvalue weighted by Gasteiger charge is 2.28. The van der Waals surface area contributed by atoms with Crippen molar-refractivity contribution in [2.45, 2.75) is 40.5 Å². The van der Waals surface area contributed by atoms with Crippen molar-refractivity contribution in [2.24, 2.45) is 15.7 Å². The average molecular weight is 590 g/mol. The van der Waals surface area contributed by atoms with Crippen LogP contribution in [0.3, 0.4) is 0 Å². The molecule has 3 aromatic rings. The minimum Gasteiger partial charge on any atom is -0.424 e. The van der Waals surface area contributed by atoms with Gasteiger partial charge in [-0.05, 0) is 62.1 Å². The van der Waals surface area contributed by atoms with E-state index in [-0.39, 0.29) is 29.4 Å². The molecule has 13 heteroatoms. The molecular weight excluding hydrogens is 554 g/mol. The molecule has 0 aliphatic rings. The molecule has 0 aliphatic carbocycles. The van der Waals surface area contributed by atoms with E-state index in [1.807, 2.05) is 13.8 Å². The van der Waals surface area contributed by atoms with Crippen LogP contribution in [0.1, 0.15) is 74.6 Å². The highest BCUT2D eigenvalue weighted by Crippen LogP contribution is 2.24. The number of aryl methyl sites for hydroxylation is 1. The van der Waals surface area contributed by atoms with Crippen LogP contribution in [0.4, 0.5) is 10.5 Å². The molecule has 1 aromatic carbocycles. The number of benzene rings is 1. The fourth-order valence-electron chi connectivity index (χ4n) is 3.92. The third-order valence-electron chi connectivity index (χ3n) is 6.21. The topological polar surface area (TPSA) is 181 Å². The van der Waals surface area contributed by atoms with Gasteiger partial charge < -0.3 is 25.5 Å². The van der Waals surface area contributed by atoms with Crippen LogP contribution in [-0.4, -0.2) is 70.8 Å². The van der Waals surface area contributed by atoms with Gasteiger partial charge in [-0.3, -0.25) is 14.6 Å². The minimum atomic E-state index is -0.976. The number of hydrogen-bond acceptors (Lipinski definition) is 8. The fourth-order valence-corrected chi connectivity index (χ4v) is 3.92. The average Bonchev–Trinajstić information content (AvgIpc) is 3.40. The second kappa shape index (κ2) is 15.6. The molecule has 226 valence electrons. The summed E-state index contributed by atoms with van der Waals surface area (Å²) in [6.07, 6.45) is 5.62. The van der Waals surface area contributed by atoms with Gasteiger partial charge in [-0.25, -0.2) is 24.5 Å². The summed E-state index contributed by atoms with van der Waals surface area (Å²) in [5.41, 5.74) is 8.55.